The van der Waals surface area contributed by atoms with Crippen LogP contribution in [0.2, 0.25) is 0 Å². The van der Waals surface area contributed by atoms with Gasteiger partial charge in [0.2, 0.25) is 5.91 Å². The van der Waals surface area contributed by atoms with E-state index in [-0.39, 0.29) is 24.6 Å². The van der Waals surface area contributed by atoms with Gasteiger partial charge in [0, 0.05) is 11.2 Å². The molecule has 0 spiro atoms. The van der Waals surface area contributed by atoms with Gasteiger partial charge < -0.3 is 15.7 Å². The molecule has 1 aliphatic carbocycles. The first-order valence-corrected chi connectivity index (χ1v) is 7.32. The molecule has 0 aliphatic heterocycles. The van der Waals surface area contributed by atoms with E-state index in [1.807, 2.05) is 31.2 Å². The number of rotatable bonds is 7. The number of hydrogen-bond donors (Lipinski definition) is 3. The van der Waals surface area contributed by atoms with E-state index in [0.29, 0.717) is 5.92 Å². The molecule has 2 rings (SSSR count). The van der Waals surface area contributed by atoms with Gasteiger partial charge >= 0.3 is 0 Å². The number of nitrogens with one attached hydrogen (secondary N) is 2. The summed E-state index contributed by atoms with van der Waals surface area (Å²) in [4.78, 5) is 12.0. The summed E-state index contributed by atoms with van der Waals surface area (Å²) in [5.74, 6) is 0.425. The number of amides is 1. The first-order valence-electron chi connectivity index (χ1n) is 7.32. The zero-order valence-corrected chi connectivity index (χ0v) is 12.3. The highest BCUT2D eigenvalue weighted by atomic mass is 16.3. The van der Waals surface area contributed by atoms with Gasteiger partial charge in [-0.1, -0.05) is 25.1 Å². The molecular formula is C16H24N2O2. The van der Waals surface area contributed by atoms with Crippen LogP contribution in [-0.2, 0) is 11.2 Å². The molecule has 1 amide bonds. The Balaban J connectivity index is 1.89. The van der Waals surface area contributed by atoms with E-state index in [0.717, 1.165) is 30.5 Å². The lowest BCUT2D eigenvalue weighted by Crippen LogP contribution is -2.50. The van der Waals surface area contributed by atoms with Gasteiger partial charge in [-0.25, -0.2) is 0 Å². The highest BCUT2D eigenvalue weighted by Crippen LogP contribution is 2.39. The minimum atomic E-state index is -0.332. The van der Waals surface area contributed by atoms with Crippen LogP contribution in [0.25, 0.3) is 0 Å². The minimum Gasteiger partial charge on any atom is -0.394 e. The van der Waals surface area contributed by atoms with E-state index in [4.69, 9.17) is 0 Å². The molecule has 1 aromatic carbocycles. The molecule has 1 aromatic rings. The van der Waals surface area contributed by atoms with Crippen molar-refractivity contribution in [2.24, 2.45) is 5.92 Å². The predicted octanol–water partition coefficient (Wildman–Crippen LogP) is 1.94. The van der Waals surface area contributed by atoms with E-state index in [1.165, 1.54) is 0 Å². The molecule has 3 N–H and O–H groups in total. The van der Waals surface area contributed by atoms with Crippen molar-refractivity contribution in [3.63, 3.8) is 0 Å². The fourth-order valence-corrected chi connectivity index (χ4v) is 2.48. The molecular weight excluding hydrogens is 252 g/mol. The summed E-state index contributed by atoms with van der Waals surface area (Å²) in [5, 5.41) is 15.6. The molecule has 1 aliphatic rings. The summed E-state index contributed by atoms with van der Waals surface area (Å²) in [6, 6.07) is 7.83. The van der Waals surface area contributed by atoms with Crippen molar-refractivity contribution < 1.29 is 9.90 Å². The maximum absolute atomic E-state index is 12.0. The van der Waals surface area contributed by atoms with E-state index in [9.17, 15) is 9.90 Å². The van der Waals surface area contributed by atoms with Crippen LogP contribution in [0.3, 0.4) is 0 Å². The summed E-state index contributed by atoms with van der Waals surface area (Å²) in [5.41, 5.74) is 1.67. The van der Waals surface area contributed by atoms with Crippen molar-refractivity contribution in [2.75, 3.05) is 18.5 Å². The normalized spacial score (nSPS) is 17.6. The molecule has 4 heteroatoms. The SMILES string of the molecule is CCc1ccccc1NC(=O)CNC(C)(CO)C1CC1. The average Bonchev–Trinajstić information content (AvgIpc) is 3.30. The fourth-order valence-electron chi connectivity index (χ4n) is 2.48. The summed E-state index contributed by atoms with van der Waals surface area (Å²) in [7, 11) is 0. The van der Waals surface area contributed by atoms with Crippen LogP contribution >= 0.6 is 0 Å². The Kier molecular flexibility index (Phi) is 4.78. The van der Waals surface area contributed by atoms with Crippen molar-refractivity contribution >= 4 is 11.6 Å². The minimum absolute atomic E-state index is 0.0637. The lowest BCUT2D eigenvalue weighted by Gasteiger charge is -2.28. The number of carbonyl (C=O) groups is 1. The second-order valence-electron chi connectivity index (χ2n) is 5.76. The first-order chi connectivity index (χ1) is 9.59. The zero-order chi connectivity index (χ0) is 14.6. The van der Waals surface area contributed by atoms with E-state index in [2.05, 4.69) is 17.6 Å². The third-order valence-corrected chi connectivity index (χ3v) is 4.13. The molecule has 110 valence electrons. The van der Waals surface area contributed by atoms with Gasteiger partial charge in [-0.2, -0.15) is 0 Å². The average molecular weight is 276 g/mol. The van der Waals surface area contributed by atoms with Gasteiger partial charge in [0.05, 0.1) is 13.2 Å². The molecule has 1 fully saturated rings. The molecule has 1 unspecified atom stereocenters. The van der Waals surface area contributed by atoms with E-state index in [1.54, 1.807) is 0 Å². The number of anilines is 1. The van der Waals surface area contributed by atoms with Crippen molar-refractivity contribution in [3.05, 3.63) is 29.8 Å². The Hall–Kier alpha value is -1.39. The second kappa shape index (κ2) is 6.37. The van der Waals surface area contributed by atoms with Crippen molar-refractivity contribution in [1.29, 1.82) is 0 Å². The molecule has 4 nitrogen and oxygen atoms in total. The van der Waals surface area contributed by atoms with Gasteiger partial charge in [-0.3, -0.25) is 4.79 Å². The number of para-hydroxylation sites is 1. The molecule has 1 atom stereocenters. The van der Waals surface area contributed by atoms with Crippen LogP contribution in [0, 0.1) is 5.92 Å². The molecule has 1 saturated carbocycles. The Labute approximate surface area is 120 Å². The van der Waals surface area contributed by atoms with Gasteiger partial charge in [0.25, 0.3) is 0 Å². The number of aliphatic hydroxyl groups is 1. The number of aliphatic hydroxyl groups excluding tert-OH is 1. The van der Waals surface area contributed by atoms with Crippen LogP contribution in [-0.4, -0.2) is 29.7 Å². The number of hydrogen-bond acceptors (Lipinski definition) is 3. The van der Waals surface area contributed by atoms with Crippen molar-refractivity contribution in [2.45, 2.75) is 38.6 Å². The summed E-state index contributed by atoms with van der Waals surface area (Å²) >= 11 is 0. The van der Waals surface area contributed by atoms with Gasteiger partial charge in [-0.15, -0.1) is 0 Å². The Morgan fingerprint density at radius 1 is 1.40 bits per heavy atom. The van der Waals surface area contributed by atoms with Crippen LogP contribution in [0.15, 0.2) is 24.3 Å². The van der Waals surface area contributed by atoms with Gasteiger partial charge in [-0.05, 0) is 43.7 Å². The van der Waals surface area contributed by atoms with E-state index >= 15 is 0 Å². The Morgan fingerprint density at radius 3 is 2.70 bits per heavy atom. The van der Waals surface area contributed by atoms with Crippen LogP contribution in [0.4, 0.5) is 5.69 Å². The monoisotopic (exact) mass is 276 g/mol. The third kappa shape index (κ3) is 3.58. The quantitative estimate of drug-likeness (QED) is 0.713. The number of aryl methyl sites for hydroxylation is 1. The second-order valence-corrected chi connectivity index (χ2v) is 5.76. The lowest BCUT2D eigenvalue weighted by atomic mass is 9.97. The molecule has 0 radical (unpaired) electrons. The molecule has 0 saturated heterocycles. The lowest BCUT2D eigenvalue weighted by molar-refractivity contribution is -0.115. The standard InChI is InChI=1S/C16H24N2O2/c1-3-12-6-4-5-7-14(12)18-15(20)10-17-16(2,11-19)13-8-9-13/h4-7,13,17,19H,3,8-11H2,1-2H3,(H,18,20). The molecule has 0 heterocycles. The summed E-state index contributed by atoms with van der Waals surface area (Å²) in [6.45, 7) is 4.35. The maximum atomic E-state index is 12.0. The fraction of sp³-hybridized carbons (Fsp3) is 0.562. The molecule has 0 bridgehead atoms. The highest BCUT2D eigenvalue weighted by Gasteiger charge is 2.40. The Morgan fingerprint density at radius 2 is 2.10 bits per heavy atom. The maximum Gasteiger partial charge on any atom is 0.238 e. The Bertz CT molecular complexity index is 471. The largest absolute Gasteiger partial charge is 0.394 e. The van der Waals surface area contributed by atoms with Crippen LogP contribution in [0.1, 0.15) is 32.3 Å². The summed E-state index contributed by atoms with van der Waals surface area (Å²) in [6.07, 6.45) is 3.15. The van der Waals surface area contributed by atoms with Gasteiger partial charge in [0.1, 0.15) is 0 Å². The summed E-state index contributed by atoms with van der Waals surface area (Å²) < 4.78 is 0. The first kappa shape index (κ1) is 15.0. The predicted molar refractivity (Wildman–Crippen MR) is 80.7 cm³/mol. The smallest absolute Gasteiger partial charge is 0.238 e. The van der Waals surface area contributed by atoms with Crippen molar-refractivity contribution in [3.8, 4) is 0 Å². The number of carbonyl (C=O) groups excluding carboxylic acids is 1. The third-order valence-electron chi connectivity index (χ3n) is 4.13. The number of benzene rings is 1. The highest BCUT2D eigenvalue weighted by molar-refractivity contribution is 5.93. The molecule has 0 aromatic heterocycles. The molecule has 20 heavy (non-hydrogen) atoms. The van der Waals surface area contributed by atoms with Crippen LogP contribution < -0.4 is 10.6 Å². The van der Waals surface area contributed by atoms with Crippen molar-refractivity contribution in [1.82, 2.24) is 5.32 Å². The zero-order valence-electron chi connectivity index (χ0n) is 12.3. The van der Waals surface area contributed by atoms with Crippen LogP contribution in [0.5, 0.6) is 0 Å². The topological polar surface area (TPSA) is 61.4 Å². The van der Waals surface area contributed by atoms with Gasteiger partial charge in [0.15, 0.2) is 0 Å². The van der Waals surface area contributed by atoms with E-state index < -0.39 is 0 Å².